The standard InChI is InChI=1S/C27H28N2O3S/c1-18-5-11-22(12-6-18)16-29(33(31,32)24-13-7-19(2)8-14-24)17-23-15-25-20(3)9-10-21(4)26(25)28-27(23)30/h5-15H,16-17H2,1-4H3,(H,28,30). The lowest BCUT2D eigenvalue weighted by molar-refractivity contribution is 0.400. The topological polar surface area (TPSA) is 70.2 Å². The lowest BCUT2D eigenvalue weighted by atomic mass is 10.0. The molecular formula is C27H28N2O3S. The molecule has 0 saturated heterocycles. The number of rotatable bonds is 6. The summed E-state index contributed by atoms with van der Waals surface area (Å²) in [7, 11) is -3.83. The highest BCUT2D eigenvalue weighted by Gasteiger charge is 2.26. The molecule has 0 spiro atoms. The first-order valence-corrected chi connectivity index (χ1v) is 12.3. The molecule has 170 valence electrons. The van der Waals surface area contributed by atoms with Gasteiger partial charge >= 0.3 is 0 Å². The van der Waals surface area contributed by atoms with E-state index in [9.17, 15) is 13.2 Å². The number of fused-ring (bicyclic) bond motifs is 1. The predicted octanol–water partition coefficient (Wildman–Crippen LogP) is 5.15. The summed E-state index contributed by atoms with van der Waals surface area (Å²) >= 11 is 0. The Bertz CT molecular complexity index is 1470. The van der Waals surface area contributed by atoms with Crippen LogP contribution in [-0.2, 0) is 23.1 Å². The Morgan fingerprint density at radius 3 is 1.97 bits per heavy atom. The van der Waals surface area contributed by atoms with Gasteiger partial charge in [-0.25, -0.2) is 8.42 Å². The highest BCUT2D eigenvalue weighted by Crippen LogP contribution is 2.24. The number of nitrogens with zero attached hydrogens (tertiary/aromatic N) is 1. The van der Waals surface area contributed by atoms with Gasteiger partial charge in [0, 0.05) is 24.0 Å². The van der Waals surface area contributed by atoms with Gasteiger partial charge in [0.2, 0.25) is 10.0 Å². The molecule has 33 heavy (non-hydrogen) atoms. The minimum absolute atomic E-state index is 0.0251. The monoisotopic (exact) mass is 460 g/mol. The molecule has 0 saturated carbocycles. The van der Waals surface area contributed by atoms with E-state index in [0.717, 1.165) is 38.7 Å². The van der Waals surface area contributed by atoms with Crippen LogP contribution in [0.5, 0.6) is 0 Å². The molecule has 0 fully saturated rings. The first kappa shape index (κ1) is 23.0. The van der Waals surface area contributed by atoms with Crippen LogP contribution in [0.25, 0.3) is 10.9 Å². The minimum Gasteiger partial charge on any atom is -0.321 e. The molecule has 1 aromatic heterocycles. The fourth-order valence-electron chi connectivity index (χ4n) is 3.91. The highest BCUT2D eigenvalue weighted by atomic mass is 32.2. The van der Waals surface area contributed by atoms with Crippen LogP contribution in [0.15, 0.2) is 76.4 Å². The van der Waals surface area contributed by atoms with Crippen molar-refractivity contribution >= 4 is 20.9 Å². The second-order valence-corrected chi connectivity index (χ2v) is 10.6. The molecule has 0 atom stereocenters. The van der Waals surface area contributed by atoms with Gasteiger partial charge in [0.15, 0.2) is 0 Å². The molecule has 4 rings (SSSR count). The van der Waals surface area contributed by atoms with Crippen LogP contribution >= 0.6 is 0 Å². The van der Waals surface area contributed by atoms with Gasteiger partial charge in [-0.2, -0.15) is 4.31 Å². The number of H-pyrrole nitrogens is 1. The van der Waals surface area contributed by atoms with Gasteiger partial charge in [0.05, 0.1) is 10.4 Å². The molecule has 4 aromatic rings. The molecule has 0 aliphatic heterocycles. The van der Waals surface area contributed by atoms with Gasteiger partial charge < -0.3 is 4.98 Å². The summed E-state index contributed by atoms with van der Waals surface area (Å²) < 4.78 is 28.6. The van der Waals surface area contributed by atoms with E-state index in [4.69, 9.17) is 0 Å². The van der Waals surface area contributed by atoms with E-state index in [-0.39, 0.29) is 23.5 Å². The van der Waals surface area contributed by atoms with Crippen LogP contribution in [-0.4, -0.2) is 17.7 Å². The van der Waals surface area contributed by atoms with Gasteiger partial charge in [0.1, 0.15) is 0 Å². The largest absolute Gasteiger partial charge is 0.321 e. The van der Waals surface area contributed by atoms with Gasteiger partial charge in [-0.05, 0) is 62.6 Å². The second-order valence-electron chi connectivity index (χ2n) is 8.68. The third-order valence-electron chi connectivity index (χ3n) is 6.01. The van der Waals surface area contributed by atoms with Crippen molar-refractivity contribution < 1.29 is 8.42 Å². The maximum atomic E-state index is 13.6. The SMILES string of the molecule is Cc1ccc(CN(Cc2cc3c(C)ccc(C)c3[nH]c2=O)S(=O)(=O)c2ccc(C)cc2)cc1. The molecule has 3 aromatic carbocycles. The number of aryl methyl sites for hydroxylation is 4. The van der Waals surface area contributed by atoms with Crippen molar-refractivity contribution in [2.24, 2.45) is 0 Å². The number of benzene rings is 3. The first-order chi connectivity index (χ1) is 15.6. The average molecular weight is 461 g/mol. The van der Waals surface area contributed by atoms with Gasteiger partial charge in [-0.3, -0.25) is 4.79 Å². The summed E-state index contributed by atoms with van der Waals surface area (Å²) in [4.78, 5) is 16.1. The summed E-state index contributed by atoms with van der Waals surface area (Å²) in [6, 6.07) is 20.4. The zero-order valence-electron chi connectivity index (χ0n) is 19.3. The Labute approximate surface area is 194 Å². The number of aromatic amines is 1. The Kier molecular flexibility index (Phi) is 6.23. The summed E-state index contributed by atoms with van der Waals surface area (Å²) in [6.45, 7) is 7.98. The number of aromatic nitrogens is 1. The molecular weight excluding hydrogens is 432 g/mol. The molecule has 6 heteroatoms. The molecule has 0 aliphatic carbocycles. The van der Waals surface area contributed by atoms with E-state index < -0.39 is 10.0 Å². The van der Waals surface area contributed by atoms with Crippen molar-refractivity contribution in [2.75, 3.05) is 0 Å². The minimum atomic E-state index is -3.83. The molecule has 0 radical (unpaired) electrons. The van der Waals surface area contributed by atoms with Crippen molar-refractivity contribution in [3.8, 4) is 0 Å². The van der Waals surface area contributed by atoms with E-state index in [1.807, 2.05) is 70.2 Å². The lowest BCUT2D eigenvalue weighted by Gasteiger charge is -2.23. The van der Waals surface area contributed by atoms with Gasteiger partial charge in [0.25, 0.3) is 5.56 Å². The normalized spacial score (nSPS) is 11.9. The molecule has 1 heterocycles. The maximum Gasteiger partial charge on any atom is 0.252 e. The summed E-state index contributed by atoms with van der Waals surface area (Å²) in [5.41, 5.74) is 5.88. The van der Waals surface area contributed by atoms with Gasteiger partial charge in [-0.1, -0.05) is 59.7 Å². The smallest absolute Gasteiger partial charge is 0.252 e. The zero-order valence-corrected chi connectivity index (χ0v) is 20.2. The first-order valence-electron chi connectivity index (χ1n) is 10.9. The van der Waals surface area contributed by atoms with E-state index in [1.165, 1.54) is 4.31 Å². The zero-order chi connectivity index (χ0) is 23.8. The predicted molar refractivity (Wildman–Crippen MR) is 133 cm³/mol. The lowest BCUT2D eigenvalue weighted by Crippen LogP contribution is -2.32. The molecule has 0 aliphatic rings. The van der Waals surface area contributed by atoms with Crippen LogP contribution < -0.4 is 5.56 Å². The Balaban J connectivity index is 1.80. The number of sulfonamides is 1. The Morgan fingerprint density at radius 2 is 1.33 bits per heavy atom. The van der Waals surface area contributed by atoms with Crippen molar-refractivity contribution in [1.82, 2.24) is 9.29 Å². The summed E-state index contributed by atoms with van der Waals surface area (Å²) in [5.74, 6) is 0. The Morgan fingerprint density at radius 1 is 0.758 bits per heavy atom. The highest BCUT2D eigenvalue weighted by molar-refractivity contribution is 7.89. The fourth-order valence-corrected chi connectivity index (χ4v) is 5.31. The molecule has 0 unspecified atom stereocenters. The van der Waals surface area contributed by atoms with Crippen molar-refractivity contribution in [3.05, 3.63) is 110 Å². The fraction of sp³-hybridized carbons (Fsp3) is 0.222. The summed E-state index contributed by atoms with van der Waals surface area (Å²) in [6.07, 6.45) is 0. The summed E-state index contributed by atoms with van der Waals surface area (Å²) in [5, 5.41) is 0.924. The third-order valence-corrected chi connectivity index (χ3v) is 7.81. The molecule has 0 amide bonds. The molecule has 5 nitrogen and oxygen atoms in total. The number of nitrogens with one attached hydrogen (secondary N) is 1. The molecule has 0 bridgehead atoms. The van der Waals surface area contributed by atoms with Crippen LogP contribution in [0.2, 0.25) is 0 Å². The second kappa shape index (κ2) is 8.96. The van der Waals surface area contributed by atoms with E-state index in [1.54, 1.807) is 24.3 Å². The van der Waals surface area contributed by atoms with Crippen LogP contribution in [0, 0.1) is 27.7 Å². The average Bonchev–Trinajstić information content (AvgIpc) is 2.78. The van der Waals surface area contributed by atoms with Crippen molar-refractivity contribution in [3.63, 3.8) is 0 Å². The maximum absolute atomic E-state index is 13.6. The number of pyridine rings is 1. The van der Waals surface area contributed by atoms with Gasteiger partial charge in [-0.15, -0.1) is 0 Å². The van der Waals surface area contributed by atoms with E-state index in [0.29, 0.717) is 5.56 Å². The van der Waals surface area contributed by atoms with E-state index >= 15 is 0 Å². The van der Waals surface area contributed by atoms with Crippen LogP contribution in [0.4, 0.5) is 0 Å². The quantitative estimate of drug-likeness (QED) is 0.432. The number of hydrogen-bond acceptors (Lipinski definition) is 3. The van der Waals surface area contributed by atoms with E-state index in [2.05, 4.69) is 4.98 Å². The number of hydrogen-bond donors (Lipinski definition) is 1. The Hall–Kier alpha value is -3.22. The van der Waals surface area contributed by atoms with Crippen LogP contribution in [0.1, 0.15) is 33.4 Å². The van der Waals surface area contributed by atoms with Crippen molar-refractivity contribution in [2.45, 2.75) is 45.7 Å². The van der Waals surface area contributed by atoms with Crippen molar-refractivity contribution in [1.29, 1.82) is 0 Å². The third kappa shape index (κ3) is 4.77. The molecule has 1 N–H and O–H groups in total. The van der Waals surface area contributed by atoms with Crippen LogP contribution in [0.3, 0.4) is 0 Å².